The maximum absolute atomic E-state index is 12.4. The highest BCUT2D eigenvalue weighted by Crippen LogP contribution is 2.36. The number of aromatic carboxylic acids is 1. The lowest BCUT2D eigenvalue weighted by Gasteiger charge is -2.19. The van der Waals surface area contributed by atoms with E-state index < -0.39 is 5.97 Å². The number of nitrogens with zero attached hydrogens (tertiary/aromatic N) is 1. The molecule has 1 aromatic carbocycles. The minimum atomic E-state index is -1.14. The smallest absolute Gasteiger partial charge is 0.354 e. The second kappa shape index (κ2) is 5.83. The summed E-state index contributed by atoms with van der Waals surface area (Å²) < 4.78 is 0. The number of rotatable bonds is 3. The number of aryl methyl sites for hydroxylation is 1. The van der Waals surface area contributed by atoms with Gasteiger partial charge in [0.2, 0.25) is 0 Å². The van der Waals surface area contributed by atoms with Crippen molar-refractivity contribution >= 4 is 11.9 Å². The van der Waals surface area contributed by atoms with Crippen molar-refractivity contribution in [2.45, 2.75) is 26.3 Å². The molecule has 118 valence electrons. The SMILES string of the molecule is Cc1ccc2c(c1)C(NC(=O)c1cccc(C(=O)O)n1)C(C)C2. The van der Waals surface area contributed by atoms with Crippen molar-refractivity contribution in [2.75, 3.05) is 0 Å². The van der Waals surface area contributed by atoms with Crippen molar-refractivity contribution in [3.8, 4) is 0 Å². The fraction of sp³-hybridized carbons (Fsp3) is 0.278. The number of aromatic nitrogens is 1. The number of pyridine rings is 1. The number of carbonyl (C=O) groups excluding carboxylic acids is 1. The van der Waals surface area contributed by atoms with E-state index in [1.165, 1.54) is 23.8 Å². The third kappa shape index (κ3) is 2.95. The third-order valence-electron chi connectivity index (χ3n) is 4.23. The number of hydrogen-bond donors (Lipinski definition) is 2. The van der Waals surface area contributed by atoms with Gasteiger partial charge in [-0.05, 0) is 42.5 Å². The predicted molar refractivity (Wildman–Crippen MR) is 85.5 cm³/mol. The molecule has 1 heterocycles. The molecule has 0 bridgehead atoms. The van der Waals surface area contributed by atoms with E-state index in [2.05, 4.69) is 35.4 Å². The number of benzene rings is 1. The number of hydrogen-bond acceptors (Lipinski definition) is 3. The zero-order valence-electron chi connectivity index (χ0n) is 13.0. The average molecular weight is 310 g/mol. The van der Waals surface area contributed by atoms with Crippen LogP contribution >= 0.6 is 0 Å². The van der Waals surface area contributed by atoms with E-state index in [1.807, 2.05) is 6.92 Å². The van der Waals surface area contributed by atoms with E-state index >= 15 is 0 Å². The predicted octanol–water partition coefficient (Wildman–Crippen LogP) is 2.75. The summed E-state index contributed by atoms with van der Waals surface area (Å²) in [4.78, 5) is 27.3. The van der Waals surface area contributed by atoms with E-state index in [9.17, 15) is 9.59 Å². The molecule has 23 heavy (non-hydrogen) atoms. The minimum Gasteiger partial charge on any atom is -0.477 e. The zero-order valence-corrected chi connectivity index (χ0v) is 13.0. The van der Waals surface area contributed by atoms with Gasteiger partial charge < -0.3 is 10.4 Å². The van der Waals surface area contributed by atoms with Crippen LogP contribution in [0.3, 0.4) is 0 Å². The van der Waals surface area contributed by atoms with Crippen LogP contribution in [-0.2, 0) is 6.42 Å². The Hall–Kier alpha value is -2.69. The molecule has 0 aliphatic heterocycles. The maximum Gasteiger partial charge on any atom is 0.354 e. The summed E-state index contributed by atoms with van der Waals surface area (Å²) in [6.07, 6.45) is 0.920. The minimum absolute atomic E-state index is 0.0762. The lowest BCUT2D eigenvalue weighted by molar-refractivity contribution is 0.0690. The Morgan fingerprint density at radius 3 is 2.70 bits per heavy atom. The average Bonchev–Trinajstić information content (AvgIpc) is 2.83. The summed E-state index contributed by atoms with van der Waals surface area (Å²) in [5.74, 6) is -1.20. The van der Waals surface area contributed by atoms with Gasteiger partial charge in [0.05, 0.1) is 6.04 Å². The van der Waals surface area contributed by atoms with Crippen molar-refractivity contribution in [3.05, 3.63) is 64.5 Å². The van der Waals surface area contributed by atoms with Crippen molar-refractivity contribution in [1.82, 2.24) is 10.3 Å². The molecular formula is C18H18N2O3. The highest BCUT2D eigenvalue weighted by atomic mass is 16.4. The van der Waals surface area contributed by atoms with Gasteiger partial charge in [0.15, 0.2) is 0 Å². The molecule has 1 aromatic heterocycles. The van der Waals surface area contributed by atoms with E-state index in [-0.39, 0.29) is 23.3 Å². The van der Waals surface area contributed by atoms with Gasteiger partial charge in [-0.25, -0.2) is 9.78 Å². The molecule has 0 spiro atoms. The first-order chi connectivity index (χ1) is 11.0. The van der Waals surface area contributed by atoms with Crippen LogP contribution in [0.2, 0.25) is 0 Å². The van der Waals surface area contributed by atoms with E-state index in [1.54, 1.807) is 0 Å². The van der Waals surface area contributed by atoms with Gasteiger partial charge in [0.25, 0.3) is 5.91 Å². The highest BCUT2D eigenvalue weighted by molar-refractivity contribution is 5.94. The maximum atomic E-state index is 12.4. The summed E-state index contributed by atoms with van der Waals surface area (Å²) in [7, 11) is 0. The molecule has 0 radical (unpaired) electrons. The van der Waals surface area contributed by atoms with E-state index in [0.29, 0.717) is 5.92 Å². The van der Waals surface area contributed by atoms with Gasteiger partial charge in [0.1, 0.15) is 11.4 Å². The Labute approximate surface area is 134 Å². The second-order valence-electron chi connectivity index (χ2n) is 6.05. The lowest BCUT2D eigenvalue weighted by Crippen LogP contribution is -2.31. The van der Waals surface area contributed by atoms with Crippen molar-refractivity contribution in [3.63, 3.8) is 0 Å². The molecule has 2 aromatic rings. The molecule has 0 fully saturated rings. The normalized spacial score (nSPS) is 19.2. The Morgan fingerprint density at radius 1 is 1.22 bits per heavy atom. The van der Waals surface area contributed by atoms with Crippen LogP contribution in [0.15, 0.2) is 36.4 Å². The van der Waals surface area contributed by atoms with Crippen molar-refractivity contribution in [1.29, 1.82) is 0 Å². The molecule has 2 atom stereocenters. The van der Waals surface area contributed by atoms with Crippen LogP contribution in [0.1, 0.15) is 50.6 Å². The molecule has 5 heteroatoms. The number of fused-ring (bicyclic) bond motifs is 1. The third-order valence-corrected chi connectivity index (χ3v) is 4.23. The molecule has 5 nitrogen and oxygen atoms in total. The summed E-state index contributed by atoms with van der Waals surface area (Å²) in [6.45, 7) is 4.13. The lowest BCUT2D eigenvalue weighted by atomic mass is 10.0. The van der Waals surface area contributed by atoms with Crippen LogP contribution in [0.5, 0.6) is 0 Å². The van der Waals surface area contributed by atoms with Crippen LogP contribution < -0.4 is 5.32 Å². The fourth-order valence-corrected chi connectivity index (χ4v) is 3.08. The van der Waals surface area contributed by atoms with Gasteiger partial charge in [-0.1, -0.05) is 36.8 Å². The topological polar surface area (TPSA) is 79.3 Å². The first-order valence-corrected chi connectivity index (χ1v) is 7.56. The molecule has 2 unspecified atom stereocenters. The largest absolute Gasteiger partial charge is 0.477 e. The second-order valence-corrected chi connectivity index (χ2v) is 6.05. The van der Waals surface area contributed by atoms with Crippen molar-refractivity contribution < 1.29 is 14.7 Å². The van der Waals surface area contributed by atoms with Gasteiger partial charge in [-0.15, -0.1) is 0 Å². The number of nitrogens with one attached hydrogen (secondary N) is 1. The monoisotopic (exact) mass is 310 g/mol. The summed E-state index contributed by atoms with van der Waals surface area (Å²) in [6, 6.07) is 10.6. The van der Waals surface area contributed by atoms with Crippen LogP contribution in [0.25, 0.3) is 0 Å². The molecule has 1 aliphatic rings. The van der Waals surface area contributed by atoms with Crippen molar-refractivity contribution in [2.24, 2.45) is 5.92 Å². The zero-order chi connectivity index (χ0) is 16.6. The van der Waals surface area contributed by atoms with Gasteiger partial charge in [0, 0.05) is 0 Å². The highest BCUT2D eigenvalue weighted by Gasteiger charge is 2.31. The molecular weight excluding hydrogens is 292 g/mol. The molecule has 0 saturated carbocycles. The van der Waals surface area contributed by atoms with Gasteiger partial charge >= 0.3 is 5.97 Å². The van der Waals surface area contributed by atoms with Crippen LogP contribution in [-0.4, -0.2) is 22.0 Å². The number of carboxylic acid groups (broad SMARTS) is 1. The summed E-state index contributed by atoms with van der Waals surface area (Å²) in [5.41, 5.74) is 3.54. The molecule has 1 aliphatic carbocycles. The number of carbonyl (C=O) groups is 2. The van der Waals surface area contributed by atoms with E-state index in [4.69, 9.17) is 5.11 Å². The Kier molecular flexibility index (Phi) is 3.86. The first kappa shape index (κ1) is 15.2. The van der Waals surface area contributed by atoms with Gasteiger partial charge in [-0.3, -0.25) is 4.79 Å². The van der Waals surface area contributed by atoms with Crippen LogP contribution in [0.4, 0.5) is 0 Å². The van der Waals surface area contributed by atoms with Gasteiger partial charge in [-0.2, -0.15) is 0 Å². The quantitative estimate of drug-likeness (QED) is 0.913. The first-order valence-electron chi connectivity index (χ1n) is 7.56. The number of carboxylic acids is 1. The Bertz CT molecular complexity index is 786. The Balaban J connectivity index is 1.85. The fourth-order valence-electron chi connectivity index (χ4n) is 3.08. The summed E-state index contributed by atoms with van der Waals surface area (Å²) in [5, 5.41) is 12.0. The number of amides is 1. The Morgan fingerprint density at radius 2 is 1.96 bits per heavy atom. The van der Waals surface area contributed by atoms with Crippen LogP contribution in [0, 0.1) is 12.8 Å². The molecule has 0 saturated heterocycles. The van der Waals surface area contributed by atoms with E-state index in [0.717, 1.165) is 17.5 Å². The molecule has 1 amide bonds. The molecule has 3 rings (SSSR count). The molecule has 2 N–H and O–H groups in total. The standard InChI is InChI=1S/C18H18N2O3/c1-10-6-7-12-9-11(2)16(13(12)8-10)20-17(21)14-4-3-5-15(19-14)18(22)23/h3-8,11,16H,9H2,1-2H3,(H,20,21)(H,22,23). The summed E-state index contributed by atoms with van der Waals surface area (Å²) >= 11 is 0.